The first-order valence-corrected chi connectivity index (χ1v) is 4.62. The summed E-state index contributed by atoms with van der Waals surface area (Å²) < 4.78 is 4.73. The van der Waals surface area contributed by atoms with E-state index in [-0.39, 0.29) is 36.7 Å². The predicted octanol–water partition coefficient (Wildman–Crippen LogP) is -0.722. The van der Waals surface area contributed by atoms with Gasteiger partial charge in [0.25, 0.3) is 0 Å². The van der Waals surface area contributed by atoms with Crippen LogP contribution < -0.4 is 15.4 Å². The van der Waals surface area contributed by atoms with Crippen molar-refractivity contribution < 1.29 is 14.3 Å². The van der Waals surface area contributed by atoms with Gasteiger partial charge in [-0.3, -0.25) is 14.9 Å². The van der Waals surface area contributed by atoms with Crippen LogP contribution in [0.15, 0.2) is 0 Å². The van der Waals surface area contributed by atoms with E-state index in [9.17, 15) is 9.59 Å². The first-order chi connectivity index (χ1) is 7.61. The zero-order valence-electron chi connectivity index (χ0n) is 9.03. The highest BCUT2D eigenvalue weighted by Gasteiger charge is 2.06. The fraction of sp³-hybridized carbons (Fsp3) is 0.500. The van der Waals surface area contributed by atoms with Crippen molar-refractivity contribution in [3.63, 3.8) is 0 Å². The molecule has 16 heavy (non-hydrogen) atoms. The number of carbonyl (C=O) groups is 2. The topological polar surface area (TPSA) is 109 Å². The number of aromatic amines is 1. The summed E-state index contributed by atoms with van der Waals surface area (Å²) in [6.07, 6.45) is 0.169. The van der Waals surface area contributed by atoms with Gasteiger partial charge in [-0.15, -0.1) is 5.10 Å². The molecule has 1 rings (SSSR count). The fourth-order valence-electron chi connectivity index (χ4n) is 0.940. The minimum absolute atomic E-state index is 0.150. The molecule has 1 aromatic heterocycles. The van der Waals surface area contributed by atoms with Crippen molar-refractivity contribution in [2.75, 3.05) is 19.0 Å². The molecule has 0 aliphatic rings. The highest BCUT2D eigenvalue weighted by atomic mass is 16.5. The van der Waals surface area contributed by atoms with Crippen molar-refractivity contribution in [2.24, 2.45) is 0 Å². The van der Waals surface area contributed by atoms with E-state index in [4.69, 9.17) is 4.74 Å². The molecule has 88 valence electrons. The van der Waals surface area contributed by atoms with Crippen LogP contribution in [0.1, 0.15) is 13.3 Å². The van der Waals surface area contributed by atoms with Crippen LogP contribution in [0.5, 0.6) is 6.01 Å². The average molecular weight is 227 g/mol. The first-order valence-electron chi connectivity index (χ1n) is 4.62. The summed E-state index contributed by atoms with van der Waals surface area (Å²) in [6.45, 7) is 1.67. The molecule has 0 fully saturated rings. The third-order valence-electron chi connectivity index (χ3n) is 1.63. The standard InChI is InChI=1S/C8H13N5O3/c1-5(14)9-4-3-6(15)10-7-11-8(16-2)13-12-7/h3-4H2,1-2H3,(H,9,14)(H2,10,11,12,13,15). The second-order valence-electron chi connectivity index (χ2n) is 2.95. The Labute approximate surface area is 91.8 Å². The van der Waals surface area contributed by atoms with Gasteiger partial charge in [-0.25, -0.2) is 5.10 Å². The molecular weight excluding hydrogens is 214 g/mol. The van der Waals surface area contributed by atoms with Crippen LogP contribution in [-0.2, 0) is 9.59 Å². The number of hydrogen-bond donors (Lipinski definition) is 3. The maximum absolute atomic E-state index is 11.3. The molecule has 0 saturated heterocycles. The van der Waals surface area contributed by atoms with E-state index >= 15 is 0 Å². The Morgan fingerprint density at radius 1 is 1.50 bits per heavy atom. The van der Waals surface area contributed by atoms with Gasteiger partial charge in [-0.1, -0.05) is 0 Å². The molecule has 0 radical (unpaired) electrons. The number of nitrogens with one attached hydrogen (secondary N) is 3. The fourth-order valence-corrected chi connectivity index (χ4v) is 0.940. The largest absolute Gasteiger partial charge is 0.466 e. The van der Waals surface area contributed by atoms with Crippen molar-refractivity contribution >= 4 is 17.8 Å². The van der Waals surface area contributed by atoms with Gasteiger partial charge in [0.15, 0.2) is 0 Å². The van der Waals surface area contributed by atoms with Gasteiger partial charge >= 0.3 is 6.01 Å². The Hall–Kier alpha value is -2.12. The van der Waals surface area contributed by atoms with Crippen LogP contribution in [-0.4, -0.2) is 40.7 Å². The number of ether oxygens (including phenoxy) is 1. The maximum Gasteiger partial charge on any atom is 0.336 e. The SMILES string of the molecule is COc1n[nH]c(NC(=O)CCNC(C)=O)n1. The molecule has 0 atom stereocenters. The summed E-state index contributed by atoms with van der Waals surface area (Å²) in [6, 6.07) is 0.150. The minimum atomic E-state index is -0.271. The van der Waals surface area contributed by atoms with Crippen LogP contribution in [0.25, 0.3) is 0 Å². The van der Waals surface area contributed by atoms with Crippen LogP contribution in [0.2, 0.25) is 0 Å². The van der Waals surface area contributed by atoms with Crippen LogP contribution >= 0.6 is 0 Å². The van der Waals surface area contributed by atoms with E-state index < -0.39 is 0 Å². The Balaban J connectivity index is 2.31. The number of carbonyl (C=O) groups excluding carboxylic acids is 2. The molecule has 0 unspecified atom stereocenters. The van der Waals surface area contributed by atoms with Gasteiger partial charge in [-0.2, -0.15) is 4.98 Å². The summed E-state index contributed by atoms with van der Waals surface area (Å²) in [5.41, 5.74) is 0. The molecule has 1 aromatic rings. The van der Waals surface area contributed by atoms with Gasteiger partial charge in [0.05, 0.1) is 7.11 Å². The zero-order valence-corrected chi connectivity index (χ0v) is 9.03. The van der Waals surface area contributed by atoms with Gasteiger partial charge in [0.1, 0.15) is 0 Å². The number of methoxy groups -OCH3 is 1. The summed E-state index contributed by atoms with van der Waals surface area (Å²) in [7, 11) is 1.42. The van der Waals surface area contributed by atoms with E-state index in [2.05, 4.69) is 25.8 Å². The Morgan fingerprint density at radius 3 is 2.81 bits per heavy atom. The zero-order chi connectivity index (χ0) is 12.0. The van der Waals surface area contributed by atoms with Crippen molar-refractivity contribution in [3.05, 3.63) is 0 Å². The van der Waals surface area contributed by atoms with Crippen molar-refractivity contribution in [1.29, 1.82) is 0 Å². The second-order valence-corrected chi connectivity index (χ2v) is 2.95. The normalized spacial score (nSPS) is 9.62. The quantitative estimate of drug-likeness (QED) is 0.615. The smallest absolute Gasteiger partial charge is 0.336 e. The number of anilines is 1. The minimum Gasteiger partial charge on any atom is -0.466 e. The molecule has 2 amide bonds. The van der Waals surface area contributed by atoms with Crippen LogP contribution in [0.3, 0.4) is 0 Å². The third kappa shape index (κ3) is 3.95. The maximum atomic E-state index is 11.3. The van der Waals surface area contributed by atoms with Gasteiger partial charge < -0.3 is 10.1 Å². The lowest BCUT2D eigenvalue weighted by atomic mass is 10.4. The summed E-state index contributed by atoms with van der Waals surface area (Å²) >= 11 is 0. The van der Waals surface area contributed by atoms with E-state index in [1.807, 2.05) is 0 Å². The number of H-pyrrole nitrogens is 1. The van der Waals surface area contributed by atoms with E-state index in [1.54, 1.807) is 0 Å². The van der Waals surface area contributed by atoms with Crippen molar-refractivity contribution in [2.45, 2.75) is 13.3 Å². The second kappa shape index (κ2) is 5.69. The lowest BCUT2D eigenvalue weighted by Crippen LogP contribution is -2.25. The molecule has 0 spiro atoms. The van der Waals surface area contributed by atoms with Gasteiger partial charge in [0.2, 0.25) is 17.8 Å². The summed E-state index contributed by atoms with van der Waals surface area (Å²) in [5.74, 6) is -0.230. The molecule has 0 aliphatic carbocycles. The van der Waals surface area contributed by atoms with Gasteiger partial charge in [-0.05, 0) is 0 Å². The molecule has 8 heteroatoms. The van der Waals surface area contributed by atoms with Crippen molar-refractivity contribution in [3.8, 4) is 6.01 Å². The van der Waals surface area contributed by atoms with E-state index in [0.29, 0.717) is 0 Å². The monoisotopic (exact) mass is 227 g/mol. The Bertz CT molecular complexity index is 376. The first kappa shape index (κ1) is 12.0. The molecule has 0 bridgehead atoms. The average Bonchev–Trinajstić information content (AvgIpc) is 2.65. The molecular formula is C8H13N5O3. The molecule has 1 heterocycles. The Morgan fingerprint density at radius 2 is 2.25 bits per heavy atom. The molecule has 0 aromatic carbocycles. The van der Waals surface area contributed by atoms with E-state index in [1.165, 1.54) is 14.0 Å². The summed E-state index contributed by atoms with van der Waals surface area (Å²) in [4.78, 5) is 25.6. The van der Waals surface area contributed by atoms with Crippen LogP contribution in [0.4, 0.5) is 5.95 Å². The highest BCUT2D eigenvalue weighted by molar-refractivity contribution is 5.89. The Kier molecular flexibility index (Phi) is 4.25. The van der Waals surface area contributed by atoms with E-state index in [0.717, 1.165) is 0 Å². The predicted molar refractivity (Wildman–Crippen MR) is 54.9 cm³/mol. The van der Waals surface area contributed by atoms with Gasteiger partial charge in [0, 0.05) is 19.9 Å². The highest BCUT2D eigenvalue weighted by Crippen LogP contribution is 2.04. The molecule has 8 nitrogen and oxygen atoms in total. The number of hydrogen-bond acceptors (Lipinski definition) is 5. The molecule has 0 saturated carbocycles. The third-order valence-corrected chi connectivity index (χ3v) is 1.63. The molecule has 0 aliphatic heterocycles. The number of aromatic nitrogens is 3. The number of amides is 2. The lowest BCUT2D eigenvalue weighted by Gasteiger charge is -2.01. The lowest BCUT2D eigenvalue weighted by molar-refractivity contribution is -0.119. The summed E-state index contributed by atoms with van der Waals surface area (Å²) in [5, 5.41) is 11.1. The van der Waals surface area contributed by atoms with Crippen LogP contribution in [0, 0.1) is 0 Å². The molecule has 3 N–H and O–H groups in total. The number of nitrogens with zero attached hydrogens (tertiary/aromatic N) is 2. The number of rotatable bonds is 5. The van der Waals surface area contributed by atoms with Crippen molar-refractivity contribution in [1.82, 2.24) is 20.5 Å².